The summed E-state index contributed by atoms with van der Waals surface area (Å²) in [4.78, 5) is 0. The van der Waals surface area contributed by atoms with Crippen LogP contribution in [0.15, 0.2) is 71.4 Å². The van der Waals surface area contributed by atoms with E-state index in [1.54, 1.807) is 33.4 Å². The van der Waals surface area contributed by atoms with Gasteiger partial charge in [-0.25, -0.2) is 0 Å². The van der Waals surface area contributed by atoms with Crippen LogP contribution < -0.4 is 0 Å². The van der Waals surface area contributed by atoms with Gasteiger partial charge in [-0.1, -0.05) is 104 Å². The molecule has 3 fully saturated rings. The van der Waals surface area contributed by atoms with Gasteiger partial charge >= 0.3 is 0 Å². The first-order valence-electron chi connectivity index (χ1n) is 13.3. The highest BCUT2D eigenvalue weighted by molar-refractivity contribution is 6.87. The van der Waals surface area contributed by atoms with Crippen molar-refractivity contribution in [3.8, 4) is 0 Å². The van der Waals surface area contributed by atoms with Gasteiger partial charge in [0.25, 0.3) is 0 Å². The minimum absolute atomic E-state index is 0.724. The Balaban J connectivity index is 1.38. The van der Waals surface area contributed by atoms with Gasteiger partial charge in [0.05, 0.1) is 8.07 Å². The van der Waals surface area contributed by atoms with E-state index >= 15 is 0 Å². The van der Waals surface area contributed by atoms with Gasteiger partial charge in [0.15, 0.2) is 0 Å². The fourth-order valence-corrected chi connectivity index (χ4v) is 13.5. The molecule has 1 aromatic rings. The Labute approximate surface area is 195 Å². The van der Waals surface area contributed by atoms with Crippen molar-refractivity contribution in [1.82, 2.24) is 0 Å². The van der Waals surface area contributed by atoms with Crippen LogP contribution in [0.4, 0.5) is 0 Å². The van der Waals surface area contributed by atoms with Gasteiger partial charge in [0.2, 0.25) is 0 Å². The quantitative estimate of drug-likeness (QED) is 0.280. The molecular weight excluding hydrogens is 400 g/mol. The summed E-state index contributed by atoms with van der Waals surface area (Å²) in [5, 5.41) is 0. The molecule has 1 heteroatoms. The molecule has 4 aliphatic carbocycles. The maximum Gasteiger partial charge on any atom is 0.0781 e. The third-order valence-corrected chi connectivity index (χ3v) is 15.3. The molecule has 1 saturated heterocycles. The number of allylic oxidation sites excluding steroid dienone is 9. The maximum atomic E-state index is 2.66. The van der Waals surface area contributed by atoms with E-state index in [9.17, 15) is 0 Å². The lowest BCUT2D eigenvalue weighted by Crippen LogP contribution is -2.52. The molecule has 1 aromatic carbocycles. The minimum atomic E-state index is -1.55. The number of hydrogen-bond donors (Lipinski definition) is 0. The van der Waals surface area contributed by atoms with Crippen molar-refractivity contribution in [2.45, 2.75) is 87.9 Å². The first-order valence-corrected chi connectivity index (χ1v) is 15.9. The first kappa shape index (κ1) is 20.7. The molecule has 0 amide bonds. The molecule has 0 aromatic heterocycles. The van der Waals surface area contributed by atoms with E-state index in [0.29, 0.717) is 0 Å². The SMILES string of the molecule is CCC1=CC=C(C=CC=CC2CC2)C1[Si]1(C2C(CC)=Cc3c(C4CC4)cccc32)CCC1. The summed E-state index contributed by atoms with van der Waals surface area (Å²) in [6.07, 6.45) is 26.6. The second-order valence-corrected chi connectivity index (χ2v) is 15.6. The van der Waals surface area contributed by atoms with Crippen molar-refractivity contribution in [2.24, 2.45) is 5.92 Å². The predicted octanol–water partition coefficient (Wildman–Crippen LogP) is 9.02. The van der Waals surface area contributed by atoms with Crippen molar-refractivity contribution in [1.29, 1.82) is 0 Å². The summed E-state index contributed by atoms with van der Waals surface area (Å²) < 4.78 is 0. The van der Waals surface area contributed by atoms with Gasteiger partial charge in [-0.3, -0.25) is 0 Å². The van der Waals surface area contributed by atoms with Crippen LogP contribution in [0, 0.1) is 5.92 Å². The number of rotatable bonds is 8. The Morgan fingerprint density at radius 2 is 1.66 bits per heavy atom. The van der Waals surface area contributed by atoms with Gasteiger partial charge in [0, 0.05) is 11.1 Å². The number of benzene rings is 1. The Hall–Kier alpha value is -1.86. The Morgan fingerprint density at radius 1 is 0.875 bits per heavy atom. The summed E-state index contributed by atoms with van der Waals surface area (Å²) in [5.74, 6) is 1.70. The monoisotopic (exact) mass is 438 g/mol. The number of hydrogen-bond acceptors (Lipinski definition) is 0. The third kappa shape index (κ3) is 3.39. The average Bonchev–Trinajstić information content (AvgIpc) is 3.71. The highest BCUT2D eigenvalue weighted by Crippen LogP contribution is 2.62. The molecule has 0 nitrogen and oxygen atoms in total. The van der Waals surface area contributed by atoms with E-state index < -0.39 is 8.07 Å². The molecule has 6 rings (SSSR count). The largest absolute Gasteiger partial charge is 0.0814 e. The van der Waals surface area contributed by atoms with E-state index in [4.69, 9.17) is 0 Å². The molecule has 32 heavy (non-hydrogen) atoms. The molecule has 0 radical (unpaired) electrons. The van der Waals surface area contributed by atoms with E-state index in [1.807, 2.05) is 0 Å². The predicted molar refractivity (Wildman–Crippen MR) is 141 cm³/mol. The summed E-state index contributed by atoms with van der Waals surface area (Å²) in [7, 11) is -1.55. The topological polar surface area (TPSA) is 0 Å². The van der Waals surface area contributed by atoms with Crippen molar-refractivity contribution < 1.29 is 0 Å². The minimum Gasteiger partial charge on any atom is -0.0814 e. The van der Waals surface area contributed by atoms with Crippen molar-refractivity contribution in [3.05, 3.63) is 88.1 Å². The third-order valence-electron chi connectivity index (χ3n) is 9.05. The van der Waals surface area contributed by atoms with Gasteiger partial charge in [-0.2, -0.15) is 0 Å². The average molecular weight is 439 g/mol. The highest BCUT2D eigenvalue weighted by Gasteiger charge is 2.56. The molecule has 2 saturated carbocycles. The highest BCUT2D eigenvalue weighted by atomic mass is 28.3. The Bertz CT molecular complexity index is 1050. The summed E-state index contributed by atoms with van der Waals surface area (Å²) >= 11 is 0. The lowest BCUT2D eigenvalue weighted by Gasteiger charge is -2.52. The lowest BCUT2D eigenvalue weighted by molar-refractivity contribution is 0.773. The zero-order valence-corrected chi connectivity index (χ0v) is 20.9. The molecule has 1 aliphatic heterocycles. The molecule has 0 spiro atoms. The van der Waals surface area contributed by atoms with Crippen LogP contribution in [0.1, 0.15) is 86.9 Å². The van der Waals surface area contributed by atoms with E-state index in [1.165, 1.54) is 57.0 Å². The second kappa shape index (κ2) is 8.17. The number of fused-ring (bicyclic) bond motifs is 1. The maximum absolute atomic E-state index is 2.66. The lowest BCUT2D eigenvalue weighted by atomic mass is 10.00. The van der Waals surface area contributed by atoms with Gasteiger partial charge < -0.3 is 0 Å². The second-order valence-electron chi connectivity index (χ2n) is 11.0. The fourth-order valence-electron chi connectivity index (χ4n) is 7.01. The molecule has 2 atom stereocenters. The van der Waals surface area contributed by atoms with Crippen molar-refractivity contribution in [2.75, 3.05) is 0 Å². The van der Waals surface area contributed by atoms with Gasteiger partial charge in [-0.05, 0) is 72.6 Å². The zero-order chi connectivity index (χ0) is 21.7. The van der Waals surface area contributed by atoms with Crippen LogP contribution in [0.25, 0.3) is 6.08 Å². The standard InChI is InChI=1S/C31H38Si/c1-3-23-15-18-26(10-6-5-9-22-13-14-22)30(23)32(19-8-20-32)31-24(4-2)21-29-27(25-16-17-25)11-7-12-28(29)31/h5-7,9-12,15,18,21-22,25,30-31H,3-4,8,13-14,16-17,19-20H2,1-2H3. The molecular formula is C31H38Si. The van der Waals surface area contributed by atoms with Gasteiger partial charge in [0.1, 0.15) is 0 Å². The van der Waals surface area contributed by atoms with E-state index in [2.05, 4.69) is 74.6 Å². The molecule has 1 heterocycles. The van der Waals surface area contributed by atoms with Crippen LogP contribution >= 0.6 is 0 Å². The first-order chi connectivity index (χ1) is 15.7. The summed E-state index contributed by atoms with van der Waals surface area (Å²) in [6, 6.07) is 10.3. The molecule has 0 N–H and O–H groups in total. The molecule has 5 aliphatic rings. The zero-order valence-electron chi connectivity index (χ0n) is 19.9. The van der Waals surface area contributed by atoms with Crippen LogP contribution in [0.5, 0.6) is 0 Å². The fraction of sp³-hybridized carbons (Fsp3) is 0.484. The van der Waals surface area contributed by atoms with Crippen LogP contribution in [-0.2, 0) is 0 Å². The molecule has 2 unspecified atom stereocenters. The molecule has 0 bridgehead atoms. The van der Waals surface area contributed by atoms with Crippen LogP contribution in [0.2, 0.25) is 17.6 Å². The van der Waals surface area contributed by atoms with Crippen LogP contribution in [-0.4, -0.2) is 8.07 Å². The van der Waals surface area contributed by atoms with Gasteiger partial charge in [-0.15, -0.1) is 0 Å². The Kier molecular flexibility index (Phi) is 5.29. The van der Waals surface area contributed by atoms with Crippen molar-refractivity contribution >= 4 is 14.1 Å². The normalized spacial score (nSPS) is 28.6. The summed E-state index contributed by atoms with van der Waals surface area (Å²) in [6.45, 7) is 4.80. The van der Waals surface area contributed by atoms with E-state index in [-0.39, 0.29) is 0 Å². The Morgan fingerprint density at radius 3 is 2.31 bits per heavy atom. The van der Waals surface area contributed by atoms with Crippen molar-refractivity contribution in [3.63, 3.8) is 0 Å². The smallest absolute Gasteiger partial charge is 0.0781 e. The van der Waals surface area contributed by atoms with Crippen LogP contribution in [0.3, 0.4) is 0 Å². The van der Waals surface area contributed by atoms with E-state index in [0.717, 1.165) is 22.9 Å². The molecule has 166 valence electrons. The summed E-state index contributed by atoms with van der Waals surface area (Å²) in [5.41, 5.74) is 11.6.